The van der Waals surface area contributed by atoms with E-state index >= 15 is 0 Å². The molecule has 3 atom stereocenters. The van der Waals surface area contributed by atoms with E-state index in [-0.39, 0.29) is 6.10 Å². The first-order valence-corrected chi connectivity index (χ1v) is 7.71. The zero-order chi connectivity index (χ0) is 13.0. The minimum absolute atomic E-state index is 0.0675. The minimum Gasteiger partial charge on any atom is -0.362 e. The standard InChI is InChI=1S/C13H13ClO3S/c1-13-7-6-10(17-13)8-12(13)18(15,16)11-4-2-9(14)3-5-11/h2-7,10,12H,8H2,1H3/t10-,12+,13+/m1/s1. The van der Waals surface area contributed by atoms with Crippen molar-refractivity contribution in [3.8, 4) is 0 Å². The molecule has 0 amide bonds. The lowest BCUT2D eigenvalue weighted by atomic mass is 9.96. The zero-order valence-electron chi connectivity index (χ0n) is 9.84. The van der Waals surface area contributed by atoms with Gasteiger partial charge in [0.05, 0.1) is 11.0 Å². The fraction of sp³-hybridized carbons (Fsp3) is 0.385. The van der Waals surface area contributed by atoms with E-state index in [1.54, 1.807) is 24.3 Å². The number of fused-ring (bicyclic) bond motifs is 2. The highest BCUT2D eigenvalue weighted by Crippen LogP contribution is 2.43. The molecule has 2 bridgehead atoms. The van der Waals surface area contributed by atoms with Gasteiger partial charge in [0.25, 0.3) is 0 Å². The van der Waals surface area contributed by atoms with Crippen molar-refractivity contribution in [1.82, 2.24) is 0 Å². The molecule has 2 heterocycles. The maximum Gasteiger partial charge on any atom is 0.184 e. The molecular formula is C13H13ClO3S. The minimum atomic E-state index is -3.38. The summed E-state index contributed by atoms with van der Waals surface area (Å²) >= 11 is 5.78. The van der Waals surface area contributed by atoms with E-state index in [0.717, 1.165) is 0 Å². The Morgan fingerprint density at radius 2 is 2.00 bits per heavy atom. The third kappa shape index (κ3) is 1.71. The van der Waals surface area contributed by atoms with Gasteiger partial charge >= 0.3 is 0 Å². The zero-order valence-corrected chi connectivity index (χ0v) is 11.4. The molecule has 0 N–H and O–H groups in total. The van der Waals surface area contributed by atoms with E-state index in [2.05, 4.69) is 0 Å². The van der Waals surface area contributed by atoms with E-state index in [1.165, 1.54) is 0 Å². The Bertz CT molecular complexity index is 606. The van der Waals surface area contributed by atoms with Crippen LogP contribution in [0, 0.1) is 0 Å². The van der Waals surface area contributed by atoms with Crippen LogP contribution in [0.15, 0.2) is 41.3 Å². The lowest BCUT2D eigenvalue weighted by molar-refractivity contribution is 0.0478. The highest BCUT2D eigenvalue weighted by atomic mass is 35.5. The topological polar surface area (TPSA) is 43.4 Å². The smallest absolute Gasteiger partial charge is 0.184 e. The molecule has 0 spiro atoms. The van der Waals surface area contributed by atoms with Crippen LogP contribution >= 0.6 is 11.6 Å². The van der Waals surface area contributed by atoms with Crippen LogP contribution < -0.4 is 0 Å². The summed E-state index contributed by atoms with van der Waals surface area (Å²) in [5.41, 5.74) is -0.691. The quantitative estimate of drug-likeness (QED) is 0.784. The van der Waals surface area contributed by atoms with Crippen LogP contribution in [0.3, 0.4) is 0 Å². The van der Waals surface area contributed by atoms with Crippen molar-refractivity contribution in [2.75, 3.05) is 0 Å². The van der Waals surface area contributed by atoms with Crippen LogP contribution in [0.1, 0.15) is 13.3 Å². The van der Waals surface area contributed by atoms with Gasteiger partial charge in [-0.05, 0) is 37.6 Å². The number of sulfone groups is 1. The van der Waals surface area contributed by atoms with Gasteiger partial charge in [0.15, 0.2) is 9.84 Å². The molecule has 3 rings (SSSR count). The summed E-state index contributed by atoms with van der Waals surface area (Å²) in [5.74, 6) is 0. The van der Waals surface area contributed by atoms with Gasteiger partial charge in [-0.25, -0.2) is 8.42 Å². The van der Waals surface area contributed by atoms with Gasteiger partial charge in [-0.1, -0.05) is 23.8 Å². The summed E-state index contributed by atoms with van der Waals surface area (Å²) in [7, 11) is -3.38. The lowest BCUT2D eigenvalue weighted by Crippen LogP contribution is -2.39. The van der Waals surface area contributed by atoms with Crippen molar-refractivity contribution in [3.05, 3.63) is 41.4 Å². The predicted octanol–water partition coefficient (Wildman–Crippen LogP) is 2.60. The molecule has 18 heavy (non-hydrogen) atoms. The van der Waals surface area contributed by atoms with Gasteiger partial charge in [0.2, 0.25) is 0 Å². The summed E-state index contributed by atoms with van der Waals surface area (Å²) in [6, 6.07) is 6.30. The van der Waals surface area contributed by atoms with Crippen molar-refractivity contribution >= 4 is 21.4 Å². The van der Waals surface area contributed by atoms with Crippen LogP contribution in [0.5, 0.6) is 0 Å². The van der Waals surface area contributed by atoms with Gasteiger partial charge in [-0.3, -0.25) is 0 Å². The molecule has 0 unspecified atom stereocenters. The van der Waals surface area contributed by atoms with Crippen LogP contribution in [0.25, 0.3) is 0 Å². The Balaban J connectivity index is 2.01. The number of rotatable bonds is 2. The fourth-order valence-electron chi connectivity index (χ4n) is 2.68. The molecule has 1 fully saturated rings. The number of halogens is 1. The van der Waals surface area contributed by atoms with Crippen LogP contribution in [0.2, 0.25) is 5.02 Å². The Labute approximate surface area is 111 Å². The maximum absolute atomic E-state index is 12.6. The summed E-state index contributed by atoms with van der Waals surface area (Å²) < 4.78 is 30.9. The summed E-state index contributed by atoms with van der Waals surface area (Å²) in [6.45, 7) is 1.83. The molecular weight excluding hydrogens is 272 g/mol. The molecule has 1 saturated heterocycles. The van der Waals surface area contributed by atoms with Crippen molar-refractivity contribution < 1.29 is 13.2 Å². The third-order valence-electron chi connectivity index (χ3n) is 3.65. The highest BCUT2D eigenvalue weighted by molar-refractivity contribution is 7.92. The summed E-state index contributed by atoms with van der Waals surface area (Å²) in [6.07, 6.45) is 4.26. The molecule has 1 aromatic carbocycles. The van der Waals surface area contributed by atoms with Gasteiger partial charge in [-0.2, -0.15) is 0 Å². The lowest BCUT2D eigenvalue weighted by Gasteiger charge is -2.25. The summed E-state index contributed by atoms with van der Waals surface area (Å²) in [5, 5.41) is 0.0189. The van der Waals surface area contributed by atoms with E-state index < -0.39 is 20.7 Å². The van der Waals surface area contributed by atoms with Crippen molar-refractivity contribution in [2.45, 2.75) is 35.2 Å². The molecule has 2 aliphatic heterocycles. The van der Waals surface area contributed by atoms with Crippen molar-refractivity contribution in [3.63, 3.8) is 0 Å². The third-order valence-corrected chi connectivity index (χ3v) is 6.24. The second-order valence-corrected chi connectivity index (χ2v) is 7.49. The van der Waals surface area contributed by atoms with E-state index in [9.17, 15) is 8.42 Å². The highest BCUT2D eigenvalue weighted by Gasteiger charge is 2.53. The van der Waals surface area contributed by atoms with Crippen molar-refractivity contribution in [2.24, 2.45) is 0 Å². The SMILES string of the molecule is C[C@]12C=C[C@H](C[C@@H]1S(=O)(=O)c1ccc(Cl)cc1)O2. The second-order valence-electron chi connectivity index (χ2n) is 4.92. The van der Waals surface area contributed by atoms with E-state index in [4.69, 9.17) is 16.3 Å². The Kier molecular flexibility index (Phi) is 2.59. The molecule has 3 nitrogen and oxygen atoms in total. The first-order valence-electron chi connectivity index (χ1n) is 5.78. The Hall–Kier alpha value is -0.840. The average Bonchev–Trinajstić information content (AvgIpc) is 2.85. The van der Waals surface area contributed by atoms with Crippen LogP contribution in [-0.2, 0) is 14.6 Å². The Morgan fingerprint density at radius 1 is 1.33 bits per heavy atom. The first kappa shape index (κ1) is 12.2. The van der Waals surface area contributed by atoms with Gasteiger partial charge in [0.1, 0.15) is 10.9 Å². The number of hydrogen-bond acceptors (Lipinski definition) is 3. The molecule has 1 aromatic rings. The molecule has 5 heteroatoms. The first-order chi connectivity index (χ1) is 8.42. The average molecular weight is 285 g/mol. The normalized spacial score (nSPS) is 34.1. The predicted molar refractivity (Wildman–Crippen MR) is 69.5 cm³/mol. The van der Waals surface area contributed by atoms with E-state index in [1.807, 2.05) is 19.1 Å². The van der Waals surface area contributed by atoms with E-state index in [0.29, 0.717) is 16.3 Å². The van der Waals surface area contributed by atoms with Gasteiger partial charge in [-0.15, -0.1) is 0 Å². The van der Waals surface area contributed by atoms with Crippen LogP contribution in [-0.4, -0.2) is 25.4 Å². The largest absolute Gasteiger partial charge is 0.362 e. The van der Waals surface area contributed by atoms with Crippen molar-refractivity contribution in [1.29, 1.82) is 0 Å². The van der Waals surface area contributed by atoms with Crippen LogP contribution in [0.4, 0.5) is 0 Å². The molecule has 0 saturated carbocycles. The molecule has 0 aromatic heterocycles. The monoisotopic (exact) mass is 284 g/mol. The number of ether oxygens (including phenoxy) is 1. The van der Waals surface area contributed by atoms with Gasteiger partial charge in [0, 0.05) is 5.02 Å². The maximum atomic E-state index is 12.6. The number of hydrogen-bond donors (Lipinski definition) is 0. The molecule has 2 aliphatic rings. The number of benzene rings is 1. The molecule has 0 aliphatic carbocycles. The fourth-order valence-corrected chi connectivity index (χ4v) is 4.84. The summed E-state index contributed by atoms with van der Waals surface area (Å²) in [4.78, 5) is 0.308. The molecule has 96 valence electrons. The second kappa shape index (κ2) is 3.83. The Morgan fingerprint density at radius 3 is 2.50 bits per heavy atom. The van der Waals surface area contributed by atoms with Gasteiger partial charge < -0.3 is 4.74 Å². The molecule has 0 radical (unpaired) electrons.